The molecule has 0 nitrogen and oxygen atoms in total. The van der Waals surface area contributed by atoms with Crippen LogP contribution in [-0.2, 0) is 20.0 Å². The van der Waals surface area contributed by atoms with Gasteiger partial charge in [0.25, 0.3) is 0 Å². The topological polar surface area (TPSA) is 0 Å². The molecule has 3 aliphatic rings. The first-order valence-electron chi connectivity index (χ1n) is 16.0. The van der Waals surface area contributed by atoms with Crippen molar-refractivity contribution in [3.63, 3.8) is 0 Å². The molecule has 1 aliphatic heterocycles. The van der Waals surface area contributed by atoms with Gasteiger partial charge in [0.1, 0.15) is 0 Å². The Hall–Kier alpha value is -3.59. The first-order valence-corrected chi connectivity index (χ1v) is 30.4. The molecule has 212 valence electrons. The Kier molecular flexibility index (Phi) is 5.75. The van der Waals surface area contributed by atoms with Gasteiger partial charge < -0.3 is 0 Å². The Labute approximate surface area is 266 Å². The van der Waals surface area contributed by atoms with Crippen LogP contribution in [0.1, 0.15) is 29.6 Å². The van der Waals surface area contributed by atoms with Crippen molar-refractivity contribution in [1.29, 1.82) is 0 Å². The molecule has 0 N–H and O–H groups in total. The summed E-state index contributed by atoms with van der Waals surface area (Å²) in [5.74, 6) is 0. The maximum atomic E-state index is 2.77. The molecule has 2 unspecified atom stereocenters. The molecule has 0 amide bonds. The van der Waals surface area contributed by atoms with Gasteiger partial charge in [-0.1, -0.05) is 0 Å². The zero-order chi connectivity index (χ0) is 29.8. The number of rotatable bonds is 2. The summed E-state index contributed by atoms with van der Waals surface area (Å²) in [6, 6.07) is 45.8. The fraction of sp³-hybridized carbons (Fsp3) is 0.143. The molecular formula is C42H36HfSi. The van der Waals surface area contributed by atoms with E-state index in [9.17, 15) is 0 Å². The molecule has 0 bridgehead atoms. The van der Waals surface area contributed by atoms with Gasteiger partial charge in [-0.25, -0.2) is 0 Å². The molecule has 1 heterocycles. The van der Waals surface area contributed by atoms with Gasteiger partial charge >= 0.3 is 268 Å². The minimum absolute atomic E-state index is 0.642. The summed E-state index contributed by atoms with van der Waals surface area (Å²) in [6.45, 7) is 5.31. The third-order valence-corrected chi connectivity index (χ3v) is 32.2. The summed E-state index contributed by atoms with van der Waals surface area (Å²) in [7, 11) is -1.91. The van der Waals surface area contributed by atoms with Crippen LogP contribution < -0.4 is 0 Å². The van der Waals surface area contributed by atoms with Crippen molar-refractivity contribution < 1.29 is 20.0 Å². The van der Waals surface area contributed by atoms with Crippen LogP contribution in [-0.4, -0.2) is 8.07 Å². The normalized spacial score (nSPS) is 20.5. The van der Waals surface area contributed by atoms with E-state index in [-0.39, 0.29) is 0 Å². The van der Waals surface area contributed by atoms with Crippen LogP contribution in [0.4, 0.5) is 0 Å². The molecule has 0 saturated carbocycles. The van der Waals surface area contributed by atoms with E-state index >= 15 is 0 Å². The molecule has 1 saturated heterocycles. The second-order valence-corrected chi connectivity index (χ2v) is 35.8. The standard InChI is InChI=1S/C40H30Si.2CH3.Hf/c1-41(2,31-23-29-15-9-21-37(39(29)25-31)35-19-7-13-27-11-3-5-17-33(27)35)32-24-30-16-10-22-38(40(30)26-32)36-20-8-14-28-12-4-6-18-34(28)36;;;/h3-26H,1-2H3;2*1H3;. The van der Waals surface area contributed by atoms with Gasteiger partial charge in [-0.2, -0.15) is 0 Å². The Bertz CT molecular complexity index is 2080. The van der Waals surface area contributed by atoms with Crippen molar-refractivity contribution in [2.45, 2.75) is 29.8 Å². The van der Waals surface area contributed by atoms with Crippen LogP contribution in [0.2, 0.25) is 22.5 Å². The third-order valence-electron chi connectivity index (χ3n) is 11.2. The van der Waals surface area contributed by atoms with Crippen LogP contribution in [0.3, 0.4) is 0 Å². The molecule has 6 aromatic carbocycles. The number of benzene rings is 6. The van der Waals surface area contributed by atoms with Gasteiger partial charge in [0.2, 0.25) is 0 Å². The van der Waals surface area contributed by atoms with Gasteiger partial charge in [0, 0.05) is 0 Å². The molecule has 0 radical (unpaired) electrons. The summed E-state index contributed by atoms with van der Waals surface area (Å²) < 4.78 is 6.83. The van der Waals surface area contributed by atoms with E-state index in [1.807, 2.05) is 0 Å². The van der Waals surface area contributed by atoms with E-state index in [1.54, 1.807) is 21.5 Å². The van der Waals surface area contributed by atoms with E-state index in [0.717, 1.165) is 0 Å². The Balaban J connectivity index is 1.25. The zero-order valence-electron chi connectivity index (χ0n) is 25.9. The van der Waals surface area contributed by atoms with Crippen molar-refractivity contribution >= 4 is 41.8 Å². The summed E-state index contributed by atoms with van der Waals surface area (Å²) in [5.41, 5.74) is 11.8. The average molecular weight is 747 g/mol. The van der Waals surface area contributed by atoms with Crippen LogP contribution >= 0.6 is 0 Å². The quantitative estimate of drug-likeness (QED) is 0.155. The van der Waals surface area contributed by atoms with Crippen LogP contribution in [0.15, 0.2) is 132 Å². The second-order valence-electron chi connectivity index (χ2n) is 14.2. The summed E-state index contributed by atoms with van der Waals surface area (Å²) >= 11 is -3.07. The van der Waals surface area contributed by atoms with E-state index in [2.05, 4.69) is 156 Å². The first kappa shape index (κ1) is 26.8. The number of hydrogen-bond donors (Lipinski definition) is 0. The number of fused-ring (bicyclic) bond motifs is 8. The Morgan fingerprint density at radius 3 is 1.32 bits per heavy atom. The molecule has 6 aromatic rings. The van der Waals surface area contributed by atoms with Gasteiger partial charge in [-0.05, 0) is 0 Å². The van der Waals surface area contributed by atoms with E-state index in [1.165, 1.54) is 54.9 Å². The van der Waals surface area contributed by atoms with Crippen LogP contribution in [0.25, 0.3) is 56.0 Å². The molecule has 0 aromatic heterocycles. The molecule has 2 heteroatoms. The molecule has 9 rings (SSSR count). The SMILES string of the molecule is C[Si]1(C)C2=Cc3c(-c4cccc5ccccc45)cccc3[CH]2[Hf]([CH3])([CH3])[CH]2C1=Cc1c(-c3cccc4ccccc34)cccc12. The third kappa shape index (κ3) is 3.59. The Morgan fingerprint density at radius 2 is 0.841 bits per heavy atom. The molecule has 44 heavy (non-hydrogen) atoms. The molecular weight excluding hydrogens is 711 g/mol. The fourth-order valence-corrected chi connectivity index (χ4v) is 41.3. The van der Waals surface area contributed by atoms with E-state index in [0.29, 0.717) is 7.35 Å². The fourth-order valence-electron chi connectivity index (χ4n) is 9.21. The van der Waals surface area contributed by atoms with Gasteiger partial charge in [0.05, 0.1) is 0 Å². The summed E-state index contributed by atoms with van der Waals surface area (Å²) in [6.07, 6.45) is 5.38. The van der Waals surface area contributed by atoms with Gasteiger partial charge in [0.15, 0.2) is 0 Å². The predicted molar refractivity (Wildman–Crippen MR) is 189 cm³/mol. The summed E-state index contributed by atoms with van der Waals surface area (Å²) in [4.78, 5) is 0. The van der Waals surface area contributed by atoms with Crippen LogP contribution in [0, 0.1) is 0 Å². The van der Waals surface area contributed by atoms with Crippen LogP contribution in [0.5, 0.6) is 0 Å². The number of allylic oxidation sites excluding steroid dienone is 2. The minimum atomic E-state index is -3.07. The monoisotopic (exact) mass is 748 g/mol. The van der Waals surface area contributed by atoms with Gasteiger partial charge in [-0.15, -0.1) is 0 Å². The van der Waals surface area contributed by atoms with Crippen molar-refractivity contribution in [2.24, 2.45) is 0 Å². The average Bonchev–Trinajstić information content (AvgIpc) is 3.66. The molecule has 0 spiro atoms. The Morgan fingerprint density at radius 1 is 0.455 bits per heavy atom. The van der Waals surface area contributed by atoms with E-state index in [4.69, 9.17) is 0 Å². The molecule has 2 aliphatic carbocycles. The van der Waals surface area contributed by atoms with Crippen molar-refractivity contribution in [2.75, 3.05) is 0 Å². The van der Waals surface area contributed by atoms with E-state index < -0.39 is 28.0 Å². The van der Waals surface area contributed by atoms with Crippen molar-refractivity contribution in [3.8, 4) is 22.3 Å². The van der Waals surface area contributed by atoms with Crippen molar-refractivity contribution in [1.82, 2.24) is 0 Å². The second kappa shape index (κ2) is 9.46. The predicted octanol–water partition coefficient (Wildman–Crippen LogP) is 12.0. The molecule has 1 fully saturated rings. The first-order chi connectivity index (χ1) is 21.4. The number of hydrogen-bond acceptors (Lipinski definition) is 0. The maximum absolute atomic E-state index is 3.07. The van der Waals surface area contributed by atoms with Crippen molar-refractivity contribution in [3.05, 3.63) is 154 Å². The summed E-state index contributed by atoms with van der Waals surface area (Å²) in [5, 5.41) is 8.94. The van der Waals surface area contributed by atoms with Gasteiger partial charge in [-0.3, -0.25) is 0 Å². The molecule has 2 atom stereocenters. The zero-order valence-corrected chi connectivity index (χ0v) is 30.4.